The molecular formula is C14H12F3N3O. The van der Waals surface area contributed by atoms with Crippen molar-refractivity contribution in [2.45, 2.75) is 13.1 Å². The van der Waals surface area contributed by atoms with Crippen LogP contribution in [0.25, 0.3) is 5.69 Å². The van der Waals surface area contributed by atoms with Gasteiger partial charge in [0.15, 0.2) is 0 Å². The van der Waals surface area contributed by atoms with E-state index in [2.05, 4.69) is 10.5 Å². The molecule has 2 aromatic rings. The third kappa shape index (κ3) is 3.71. The summed E-state index contributed by atoms with van der Waals surface area (Å²) >= 11 is 0. The van der Waals surface area contributed by atoms with E-state index in [0.717, 1.165) is 12.1 Å². The highest BCUT2D eigenvalue weighted by atomic mass is 19.4. The van der Waals surface area contributed by atoms with E-state index in [-0.39, 0.29) is 5.91 Å². The summed E-state index contributed by atoms with van der Waals surface area (Å²) in [5.74, 6) is -0.330. The molecule has 4 nitrogen and oxygen atoms in total. The molecule has 0 spiro atoms. The number of alkyl halides is 3. The Hall–Kier alpha value is -2.57. The van der Waals surface area contributed by atoms with Crippen molar-refractivity contribution >= 4 is 12.1 Å². The molecule has 0 fully saturated rings. The lowest BCUT2D eigenvalue weighted by atomic mass is 10.2. The molecule has 0 atom stereocenters. The van der Waals surface area contributed by atoms with Gasteiger partial charge >= 0.3 is 6.18 Å². The van der Waals surface area contributed by atoms with Gasteiger partial charge in [-0.15, -0.1) is 0 Å². The Morgan fingerprint density at radius 2 is 2.05 bits per heavy atom. The Morgan fingerprint density at radius 3 is 2.71 bits per heavy atom. The summed E-state index contributed by atoms with van der Waals surface area (Å²) in [6.07, 6.45) is -1.42. The van der Waals surface area contributed by atoms with Crippen LogP contribution in [0.2, 0.25) is 0 Å². The number of amides is 1. The van der Waals surface area contributed by atoms with E-state index in [0.29, 0.717) is 11.4 Å². The van der Waals surface area contributed by atoms with Gasteiger partial charge in [0.05, 0.1) is 17.5 Å². The quantitative estimate of drug-likeness (QED) is 0.687. The SMILES string of the molecule is CC(=O)NN=Cc1cccn1-c1cccc(C(F)(F)F)c1. The van der Waals surface area contributed by atoms with Crippen molar-refractivity contribution in [1.29, 1.82) is 0 Å². The highest BCUT2D eigenvalue weighted by Gasteiger charge is 2.30. The van der Waals surface area contributed by atoms with Crippen LogP contribution in [0.5, 0.6) is 0 Å². The Kier molecular flexibility index (Phi) is 4.11. The van der Waals surface area contributed by atoms with E-state index in [1.807, 2.05) is 0 Å². The highest BCUT2D eigenvalue weighted by molar-refractivity contribution is 5.81. The van der Waals surface area contributed by atoms with Crippen LogP contribution in [0.15, 0.2) is 47.7 Å². The monoisotopic (exact) mass is 295 g/mol. The second-order valence-corrected chi connectivity index (χ2v) is 4.28. The number of carbonyl (C=O) groups is 1. The van der Waals surface area contributed by atoms with Crippen molar-refractivity contribution in [1.82, 2.24) is 9.99 Å². The van der Waals surface area contributed by atoms with Gasteiger partial charge in [-0.1, -0.05) is 6.07 Å². The van der Waals surface area contributed by atoms with E-state index in [1.54, 1.807) is 29.0 Å². The van der Waals surface area contributed by atoms with Gasteiger partial charge in [0.1, 0.15) is 0 Å². The molecule has 1 N–H and O–H groups in total. The van der Waals surface area contributed by atoms with Crippen molar-refractivity contribution in [2.24, 2.45) is 5.10 Å². The normalized spacial score (nSPS) is 11.8. The third-order valence-electron chi connectivity index (χ3n) is 2.65. The summed E-state index contributed by atoms with van der Waals surface area (Å²) in [5, 5.41) is 3.70. The molecule has 2 rings (SSSR count). The van der Waals surface area contributed by atoms with Gasteiger partial charge in [0.25, 0.3) is 0 Å². The van der Waals surface area contributed by atoms with Crippen molar-refractivity contribution in [3.63, 3.8) is 0 Å². The van der Waals surface area contributed by atoms with Crippen molar-refractivity contribution in [2.75, 3.05) is 0 Å². The average molecular weight is 295 g/mol. The van der Waals surface area contributed by atoms with Crippen LogP contribution in [-0.2, 0) is 11.0 Å². The molecule has 110 valence electrons. The maximum absolute atomic E-state index is 12.7. The van der Waals surface area contributed by atoms with Gasteiger partial charge in [-0.3, -0.25) is 4.79 Å². The third-order valence-corrected chi connectivity index (χ3v) is 2.65. The molecule has 1 amide bonds. The Morgan fingerprint density at radius 1 is 1.29 bits per heavy atom. The topological polar surface area (TPSA) is 46.4 Å². The molecule has 21 heavy (non-hydrogen) atoms. The summed E-state index contributed by atoms with van der Waals surface area (Å²) < 4.78 is 39.7. The molecule has 0 saturated carbocycles. The van der Waals surface area contributed by atoms with Gasteiger partial charge in [-0.25, -0.2) is 5.43 Å². The van der Waals surface area contributed by atoms with Gasteiger partial charge in [-0.05, 0) is 30.3 Å². The number of hydrogen-bond acceptors (Lipinski definition) is 2. The molecule has 0 aliphatic rings. The molecule has 0 unspecified atom stereocenters. The second-order valence-electron chi connectivity index (χ2n) is 4.28. The number of aromatic nitrogens is 1. The van der Waals surface area contributed by atoms with Crippen LogP contribution in [0.3, 0.4) is 0 Å². The predicted octanol–water partition coefficient (Wildman–Crippen LogP) is 2.97. The van der Waals surface area contributed by atoms with E-state index >= 15 is 0 Å². The fourth-order valence-corrected chi connectivity index (χ4v) is 1.76. The zero-order valence-corrected chi connectivity index (χ0v) is 11.1. The summed E-state index contributed by atoms with van der Waals surface area (Å²) in [7, 11) is 0. The first-order chi connectivity index (χ1) is 9.88. The lowest BCUT2D eigenvalue weighted by molar-refractivity contribution is -0.137. The van der Waals surface area contributed by atoms with Crippen molar-refractivity contribution in [3.05, 3.63) is 53.9 Å². The van der Waals surface area contributed by atoms with Gasteiger partial charge in [-0.2, -0.15) is 18.3 Å². The molecule has 0 bridgehead atoms. The summed E-state index contributed by atoms with van der Waals surface area (Å²) in [4.78, 5) is 10.7. The maximum atomic E-state index is 12.7. The number of nitrogens with zero attached hydrogens (tertiary/aromatic N) is 2. The molecule has 1 aromatic carbocycles. The molecular weight excluding hydrogens is 283 g/mol. The lowest BCUT2D eigenvalue weighted by Crippen LogP contribution is -2.13. The first kappa shape index (κ1) is 14.8. The number of nitrogens with one attached hydrogen (secondary N) is 1. The lowest BCUT2D eigenvalue weighted by Gasteiger charge is -2.10. The largest absolute Gasteiger partial charge is 0.416 e. The zero-order chi connectivity index (χ0) is 15.5. The van der Waals surface area contributed by atoms with E-state index in [9.17, 15) is 18.0 Å². The van der Waals surface area contributed by atoms with Gasteiger partial charge < -0.3 is 4.57 Å². The number of hydrazone groups is 1. The van der Waals surface area contributed by atoms with E-state index in [1.165, 1.54) is 19.2 Å². The van der Waals surface area contributed by atoms with Crippen LogP contribution in [0, 0.1) is 0 Å². The van der Waals surface area contributed by atoms with Crippen LogP contribution < -0.4 is 5.43 Å². The predicted molar refractivity (Wildman–Crippen MR) is 72.2 cm³/mol. The van der Waals surface area contributed by atoms with Crippen LogP contribution in [-0.4, -0.2) is 16.7 Å². The minimum atomic E-state index is -4.40. The van der Waals surface area contributed by atoms with Gasteiger partial charge in [0, 0.05) is 18.8 Å². The number of halogens is 3. The van der Waals surface area contributed by atoms with Crippen molar-refractivity contribution < 1.29 is 18.0 Å². The molecule has 1 heterocycles. The minimum Gasteiger partial charge on any atom is -0.316 e. The zero-order valence-electron chi connectivity index (χ0n) is 11.1. The van der Waals surface area contributed by atoms with E-state index in [4.69, 9.17) is 0 Å². The highest BCUT2D eigenvalue weighted by Crippen LogP contribution is 2.30. The molecule has 0 aliphatic carbocycles. The molecule has 7 heteroatoms. The van der Waals surface area contributed by atoms with Crippen LogP contribution in [0.4, 0.5) is 13.2 Å². The molecule has 0 saturated heterocycles. The first-order valence-electron chi connectivity index (χ1n) is 6.02. The molecule has 0 radical (unpaired) electrons. The second kappa shape index (κ2) is 5.82. The maximum Gasteiger partial charge on any atom is 0.416 e. The van der Waals surface area contributed by atoms with Crippen LogP contribution in [0.1, 0.15) is 18.2 Å². The summed E-state index contributed by atoms with van der Waals surface area (Å²) in [5.41, 5.74) is 2.42. The average Bonchev–Trinajstić information content (AvgIpc) is 2.86. The first-order valence-corrected chi connectivity index (χ1v) is 6.02. The van der Waals surface area contributed by atoms with Crippen LogP contribution >= 0.6 is 0 Å². The fourth-order valence-electron chi connectivity index (χ4n) is 1.76. The number of hydrogen-bond donors (Lipinski definition) is 1. The Balaban J connectivity index is 2.33. The minimum absolute atomic E-state index is 0.330. The number of carbonyl (C=O) groups excluding carboxylic acids is 1. The number of rotatable bonds is 3. The smallest absolute Gasteiger partial charge is 0.316 e. The standard InChI is InChI=1S/C14H12F3N3O/c1-10(21)19-18-9-13-6-3-7-20(13)12-5-2-4-11(8-12)14(15,16)17/h2-9H,1H3,(H,19,21). The van der Waals surface area contributed by atoms with E-state index < -0.39 is 11.7 Å². The number of benzene rings is 1. The molecule has 1 aromatic heterocycles. The van der Waals surface area contributed by atoms with Crippen molar-refractivity contribution in [3.8, 4) is 5.69 Å². The Labute approximate surface area is 118 Å². The fraction of sp³-hybridized carbons (Fsp3) is 0.143. The van der Waals surface area contributed by atoms with Gasteiger partial charge in [0.2, 0.25) is 5.91 Å². The Bertz CT molecular complexity index is 674. The molecule has 0 aliphatic heterocycles. The summed E-state index contributed by atoms with van der Waals surface area (Å²) in [6.45, 7) is 1.31. The summed E-state index contributed by atoms with van der Waals surface area (Å²) in [6, 6.07) is 8.31.